The number of H-pyrrole nitrogens is 1. The molecule has 3 N–H and O–H groups in total. The molecule has 0 unspecified atom stereocenters. The molecule has 0 aliphatic rings. The van der Waals surface area contributed by atoms with Crippen molar-refractivity contribution in [2.24, 2.45) is 5.73 Å². The van der Waals surface area contributed by atoms with Crippen molar-refractivity contribution in [3.8, 4) is 11.3 Å². The Hall–Kier alpha value is -1.61. The molecule has 0 radical (unpaired) electrons. The summed E-state index contributed by atoms with van der Waals surface area (Å²) < 4.78 is 0. The van der Waals surface area contributed by atoms with E-state index in [1.54, 1.807) is 0 Å². The SMILES string of the molecule is CC(C)c1ccc(-c2nc(C(C)C)[nH]c2CN)cc1. The summed E-state index contributed by atoms with van der Waals surface area (Å²) in [5.41, 5.74) is 10.3. The lowest BCUT2D eigenvalue weighted by atomic mass is 10.0. The van der Waals surface area contributed by atoms with Gasteiger partial charge in [0.25, 0.3) is 0 Å². The fourth-order valence-corrected chi connectivity index (χ4v) is 2.12. The van der Waals surface area contributed by atoms with E-state index in [9.17, 15) is 0 Å². The Morgan fingerprint density at radius 3 is 2.16 bits per heavy atom. The first kappa shape index (κ1) is 13.8. The summed E-state index contributed by atoms with van der Waals surface area (Å²) in [6.07, 6.45) is 0. The highest BCUT2D eigenvalue weighted by atomic mass is 15.0. The largest absolute Gasteiger partial charge is 0.344 e. The molecule has 0 atom stereocenters. The van der Waals surface area contributed by atoms with E-state index in [0.29, 0.717) is 18.4 Å². The second kappa shape index (κ2) is 5.57. The fourth-order valence-electron chi connectivity index (χ4n) is 2.12. The third-order valence-corrected chi connectivity index (χ3v) is 3.40. The van der Waals surface area contributed by atoms with E-state index in [4.69, 9.17) is 5.73 Å². The van der Waals surface area contributed by atoms with E-state index < -0.39 is 0 Å². The van der Waals surface area contributed by atoms with Crippen LogP contribution in [-0.4, -0.2) is 9.97 Å². The van der Waals surface area contributed by atoms with Gasteiger partial charge in [-0.3, -0.25) is 0 Å². The van der Waals surface area contributed by atoms with Crippen molar-refractivity contribution in [3.63, 3.8) is 0 Å². The molecule has 2 aromatic rings. The van der Waals surface area contributed by atoms with Crippen molar-refractivity contribution in [1.82, 2.24) is 9.97 Å². The summed E-state index contributed by atoms with van der Waals surface area (Å²) in [7, 11) is 0. The monoisotopic (exact) mass is 257 g/mol. The molecule has 2 rings (SSSR count). The molecule has 1 heterocycles. The number of aromatic amines is 1. The number of benzene rings is 1. The number of imidazole rings is 1. The van der Waals surface area contributed by atoms with Crippen LogP contribution >= 0.6 is 0 Å². The molecular formula is C16H23N3. The predicted octanol–water partition coefficient (Wildman–Crippen LogP) is 3.78. The number of rotatable bonds is 4. The van der Waals surface area contributed by atoms with Crippen molar-refractivity contribution in [1.29, 1.82) is 0 Å². The minimum atomic E-state index is 0.383. The van der Waals surface area contributed by atoms with Crippen LogP contribution in [0.15, 0.2) is 24.3 Å². The molecule has 1 aromatic carbocycles. The number of aromatic nitrogens is 2. The average molecular weight is 257 g/mol. The Morgan fingerprint density at radius 2 is 1.68 bits per heavy atom. The van der Waals surface area contributed by atoms with E-state index in [0.717, 1.165) is 22.8 Å². The second-order valence-electron chi connectivity index (χ2n) is 5.58. The van der Waals surface area contributed by atoms with Crippen LogP contribution in [0.4, 0.5) is 0 Å². The number of nitrogens with two attached hydrogens (primary N) is 1. The summed E-state index contributed by atoms with van der Waals surface area (Å²) in [5.74, 6) is 1.94. The Kier molecular flexibility index (Phi) is 4.05. The van der Waals surface area contributed by atoms with E-state index >= 15 is 0 Å². The average Bonchev–Trinajstić information content (AvgIpc) is 2.83. The summed E-state index contributed by atoms with van der Waals surface area (Å²) in [6.45, 7) is 9.15. The molecule has 0 saturated heterocycles. The quantitative estimate of drug-likeness (QED) is 0.875. The first-order valence-electron chi connectivity index (χ1n) is 6.92. The van der Waals surface area contributed by atoms with Crippen molar-refractivity contribution in [2.45, 2.75) is 46.1 Å². The normalized spacial score (nSPS) is 11.5. The summed E-state index contributed by atoms with van der Waals surface area (Å²) in [5, 5.41) is 0. The van der Waals surface area contributed by atoms with Gasteiger partial charge in [0.2, 0.25) is 0 Å². The second-order valence-corrected chi connectivity index (χ2v) is 5.58. The minimum Gasteiger partial charge on any atom is -0.344 e. The summed E-state index contributed by atoms with van der Waals surface area (Å²) in [6, 6.07) is 8.61. The Balaban J connectivity index is 2.40. The standard InChI is InChI=1S/C16H23N3/c1-10(2)12-5-7-13(8-6-12)15-14(9-17)18-16(19-15)11(3)4/h5-8,10-11H,9,17H2,1-4H3,(H,18,19). The van der Waals surface area contributed by atoms with Crippen LogP contribution < -0.4 is 5.73 Å². The highest BCUT2D eigenvalue weighted by Crippen LogP contribution is 2.26. The number of hydrogen-bond donors (Lipinski definition) is 2. The van der Waals surface area contributed by atoms with Gasteiger partial charge in [-0.05, 0) is 11.5 Å². The number of hydrogen-bond acceptors (Lipinski definition) is 2. The van der Waals surface area contributed by atoms with Crippen LogP contribution in [0, 0.1) is 0 Å². The molecule has 3 nitrogen and oxygen atoms in total. The molecule has 3 heteroatoms. The molecular weight excluding hydrogens is 234 g/mol. The topological polar surface area (TPSA) is 54.7 Å². The van der Waals surface area contributed by atoms with Gasteiger partial charge in [-0.25, -0.2) is 4.98 Å². The molecule has 19 heavy (non-hydrogen) atoms. The van der Waals surface area contributed by atoms with E-state index in [1.165, 1.54) is 5.56 Å². The first-order valence-corrected chi connectivity index (χ1v) is 6.92. The van der Waals surface area contributed by atoms with Gasteiger partial charge in [-0.2, -0.15) is 0 Å². The van der Waals surface area contributed by atoms with Gasteiger partial charge in [-0.1, -0.05) is 52.0 Å². The molecule has 0 aliphatic carbocycles. The van der Waals surface area contributed by atoms with Gasteiger partial charge in [0, 0.05) is 18.0 Å². The van der Waals surface area contributed by atoms with Crippen LogP contribution in [0.25, 0.3) is 11.3 Å². The first-order chi connectivity index (χ1) is 9.02. The lowest BCUT2D eigenvalue weighted by Gasteiger charge is -2.06. The maximum absolute atomic E-state index is 5.81. The van der Waals surface area contributed by atoms with Crippen LogP contribution in [0.5, 0.6) is 0 Å². The van der Waals surface area contributed by atoms with Crippen LogP contribution in [0.3, 0.4) is 0 Å². The molecule has 0 saturated carbocycles. The maximum Gasteiger partial charge on any atom is 0.109 e. The minimum absolute atomic E-state index is 0.383. The summed E-state index contributed by atoms with van der Waals surface area (Å²) >= 11 is 0. The van der Waals surface area contributed by atoms with Crippen molar-refractivity contribution >= 4 is 0 Å². The Morgan fingerprint density at radius 1 is 1.05 bits per heavy atom. The van der Waals surface area contributed by atoms with E-state index in [1.807, 2.05) is 0 Å². The lowest BCUT2D eigenvalue weighted by Crippen LogP contribution is -1.99. The maximum atomic E-state index is 5.81. The zero-order valence-electron chi connectivity index (χ0n) is 12.2. The predicted molar refractivity (Wildman–Crippen MR) is 80.1 cm³/mol. The molecule has 0 spiro atoms. The van der Waals surface area contributed by atoms with Crippen molar-refractivity contribution < 1.29 is 0 Å². The third kappa shape index (κ3) is 2.87. The van der Waals surface area contributed by atoms with Crippen LogP contribution in [0.1, 0.15) is 56.6 Å². The van der Waals surface area contributed by atoms with Gasteiger partial charge >= 0.3 is 0 Å². The van der Waals surface area contributed by atoms with E-state index in [-0.39, 0.29) is 0 Å². The fraction of sp³-hybridized carbons (Fsp3) is 0.438. The molecule has 102 valence electrons. The highest BCUT2D eigenvalue weighted by molar-refractivity contribution is 5.62. The van der Waals surface area contributed by atoms with E-state index in [2.05, 4.69) is 61.9 Å². The molecule has 0 bridgehead atoms. The lowest BCUT2D eigenvalue weighted by molar-refractivity contribution is 0.788. The number of nitrogens with zero attached hydrogens (tertiary/aromatic N) is 1. The van der Waals surface area contributed by atoms with Gasteiger partial charge in [0.05, 0.1) is 11.4 Å². The van der Waals surface area contributed by atoms with Crippen LogP contribution in [-0.2, 0) is 6.54 Å². The molecule has 0 fully saturated rings. The van der Waals surface area contributed by atoms with Gasteiger partial charge < -0.3 is 10.7 Å². The molecule has 1 aromatic heterocycles. The molecule has 0 aliphatic heterocycles. The molecule has 0 amide bonds. The zero-order chi connectivity index (χ0) is 14.0. The van der Waals surface area contributed by atoms with Gasteiger partial charge in [0.15, 0.2) is 0 Å². The zero-order valence-corrected chi connectivity index (χ0v) is 12.2. The summed E-state index contributed by atoms with van der Waals surface area (Å²) in [4.78, 5) is 8.02. The Labute approximate surface area is 115 Å². The van der Waals surface area contributed by atoms with Crippen molar-refractivity contribution in [3.05, 3.63) is 41.3 Å². The van der Waals surface area contributed by atoms with Crippen LogP contribution in [0.2, 0.25) is 0 Å². The van der Waals surface area contributed by atoms with Gasteiger partial charge in [0.1, 0.15) is 5.82 Å². The Bertz CT molecular complexity index is 536. The third-order valence-electron chi connectivity index (χ3n) is 3.40. The van der Waals surface area contributed by atoms with Crippen molar-refractivity contribution in [2.75, 3.05) is 0 Å². The number of nitrogens with one attached hydrogen (secondary N) is 1. The van der Waals surface area contributed by atoms with Gasteiger partial charge in [-0.15, -0.1) is 0 Å². The smallest absolute Gasteiger partial charge is 0.109 e. The highest BCUT2D eigenvalue weighted by Gasteiger charge is 2.13.